The third kappa shape index (κ3) is 1.95. The molecule has 2 aromatic rings. The Bertz CT molecular complexity index is 523. The summed E-state index contributed by atoms with van der Waals surface area (Å²) in [6, 6.07) is 17.2. The van der Waals surface area contributed by atoms with E-state index in [0.29, 0.717) is 5.56 Å². The quantitative estimate of drug-likeness (QED) is 0.826. The number of hydrogen-bond donors (Lipinski definition) is 1. The summed E-state index contributed by atoms with van der Waals surface area (Å²) in [7, 11) is 0. The zero-order valence-electron chi connectivity index (χ0n) is 8.72. The highest BCUT2D eigenvalue weighted by Gasteiger charge is 2.03. The lowest BCUT2D eigenvalue weighted by Crippen LogP contribution is -1.86. The summed E-state index contributed by atoms with van der Waals surface area (Å²) >= 11 is 0. The Kier molecular flexibility index (Phi) is 3.00. The first kappa shape index (κ1) is 10.4. The van der Waals surface area contributed by atoms with E-state index < -0.39 is 0 Å². The molecule has 0 fully saturated rings. The molecule has 16 heavy (non-hydrogen) atoms. The molecule has 2 nitrogen and oxygen atoms in total. The predicted molar refractivity (Wildman–Crippen MR) is 62.5 cm³/mol. The first-order valence-electron chi connectivity index (χ1n) is 5.04. The van der Waals surface area contributed by atoms with Crippen LogP contribution in [0.5, 0.6) is 0 Å². The van der Waals surface area contributed by atoms with Crippen molar-refractivity contribution in [3.05, 3.63) is 59.7 Å². The molecule has 78 valence electrons. The van der Waals surface area contributed by atoms with Gasteiger partial charge in [0.25, 0.3) is 0 Å². The van der Waals surface area contributed by atoms with Gasteiger partial charge in [0.15, 0.2) is 0 Å². The monoisotopic (exact) mass is 209 g/mol. The third-order valence-corrected chi connectivity index (χ3v) is 2.50. The molecular weight excluding hydrogens is 198 g/mol. The zero-order chi connectivity index (χ0) is 11.4. The summed E-state index contributed by atoms with van der Waals surface area (Å²) in [5.74, 6) is 0. The molecule has 0 aliphatic rings. The molecule has 2 heteroatoms. The fourth-order valence-electron chi connectivity index (χ4n) is 1.62. The van der Waals surface area contributed by atoms with E-state index in [1.165, 1.54) is 0 Å². The number of nitrogens with zero attached hydrogens (tertiary/aromatic N) is 1. The van der Waals surface area contributed by atoms with Crippen molar-refractivity contribution in [1.29, 1.82) is 5.26 Å². The normalized spacial score (nSPS) is 9.75. The minimum Gasteiger partial charge on any atom is -0.392 e. The fourth-order valence-corrected chi connectivity index (χ4v) is 1.62. The number of rotatable bonds is 2. The van der Waals surface area contributed by atoms with Crippen LogP contribution in [0.25, 0.3) is 11.1 Å². The van der Waals surface area contributed by atoms with Crippen molar-refractivity contribution in [1.82, 2.24) is 0 Å². The second kappa shape index (κ2) is 4.61. The van der Waals surface area contributed by atoms with Crippen LogP contribution in [0.3, 0.4) is 0 Å². The van der Waals surface area contributed by atoms with E-state index in [1.54, 1.807) is 6.07 Å². The third-order valence-electron chi connectivity index (χ3n) is 2.50. The Labute approximate surface area is 94.4 Å². The summed E-state index contributed by atoms with van der Waals surface area (Å²) in [4.78, 5) is 0. The van der Waals surface area contributed by atoms with Gasteiger partial charge in [-0.05, 0) is 22.8 Å². The maximum Gasteiger partial charge on any atom is 0.0998 e. The van der Waals surface area contributed by atoms with E-state index >= 15 is 0 Å². The van der Waals surface area contributed by atoms with Crippen LogP contribution >= 0.6 is 0 Å². The smallest absolute Gasteiger partial charge is 0.0998 e. The van der Waals surface area contributed by atoms with E-state index in [1.807, 2.05) is 42.5 Å². The lowest BCUT2D eigenvalue weighted by Gasteiger charge is -2.04. The summed E-state index contributed by atoms with van der Waals surface area (Å²) in [5, 5.41) is 17.9. The van der Waals surface area contributed by atoms with Crippen molar-refractivity contribution in [2.45, 2.75) is 6.61 Å². The van der Waals surface area contributed by atoms with Crippen molar-refractivity contribution in [2.75, 3.05) is 0 Å². The minimum atomic E-state index is 0.0418. The highest BCUT2D eigenvalue weighted by molar-refractivity contribution is 5.70. The number of benzene rings is 2. The topological polar surface area (TPSA) is 44.0 Å². The first-order chi connectivity index (χ1) is 7.85. The highest BCUT2D eigenvalue weighted by Crippen LogP contribution is 2.23. The molecule has 0 atom stereocenters. The Morgan fingerprint density at radius 2 is 1.69 bits per heavy atom. The Morgan fingerprint density at radius 1 is 1.00 bits per heavy atom. The maximum absolute atomic E-state index is 8.99. The lowest BCUT2D eigenvalue weighted by molar-refractivity contribution is 0.282. The van der Waals surface area contributed by atoms with Gasteiger partial charge in [0, 0.05) is 0 Å². The van der Waals surface area contributed by atoms with Crippen molar-refractivity contribution in [2.24, 2.45) is 0 Å². The molecule has 0 aromatic heterocycles. The van der Waals surface area contributed by atoms with Gasteiger partial charge >= 0.3 is 0 Å². The molecule has 0 heterocycles. The van der Waals surface area contributed by atoms with Gasteiger partial charge in [-0.25, -0.2) is 0 Å². The molecule has 0 amide bonds. The van der Waals surface area contributed by atoms with Gasteiger partial charge in [-0.15, -0.1) is 0 Å². The Hall–Kier alpha value is -2.11. The summed E-state index contributed by atoms with van der Waals surface area (Å²) < 4.78 is 0. The Balaban J connectivity index is 2.47. The second-order valence-corrected chi connectivity index (χ2v) is 3.51. The predicted octanol–water partition coefficient (Wildman–Crippen LogP) is 2.72. The van der Waals surface area contributed by atoms with Gasteiger partial charge in [0.05, 0.1) is 18.2 Å². The average Bonchev–Trinajstić information content (AvgIpc) is 2.39. The number of nitriles is 1. The molecule has 0 unspecified atom stereocenters. The van der Waals surface area contributed by atoms with Gasteiger partial charge in [0.2, 0.25) is 0 Å². The Morgan fingerprint density at radius 3 is 2.31 bits per heavy atom. The summed E-state index contributed by atoms with van der Waals surface area (Å²) in [6.45, 7) is 0.0418. The number of hydrogen-bond acceptors (Lipinski definition) is 2. The number of aliphatic hydroxyl groups excluding tert-OH is 1. The van der Waals surface area contributed by atoms with Crippen LogP contribution in [0.2, 0.25) is 0 Å². The SMILES string of the molecule is N#Cc1ccccc1-c1ccc(CO)cc1. The van der Waals surface area contributed by atoms with Crippen LogP contribution < -0.4 is 0 Å². The number of aliphatic hydroxyl groups is 1. The van der Waals surface area contributed by atoms with Crippen LogP contribution in [0.15, 0.2) is 48.5 Å². The van der Waals surface area contributed by atoms with E-state index in [9.17, 15) is 0 Å². The van der Waals surface area contributed by atoms with Gasteiger partial charge in [-0.2, -0.15) is 5.26 Å². The van der Waals surface area contributed by atoms with Crippen LogP contribution in [0, 0.1) is 11.3 Å². The van der Waals surface area contributed by atoms with Crippen molar-refractivity contribution < 1.29 is 5.11 Å². The fraction of sp³-hybridized carbons (Fsp3) is 0.0714. The van der Waals surface area contributed by atoms with Crippen LogP contribution in [0.1, 0.15) is 11.1 Å². The van der Waals surface area contributed by atoms with E-state index in [-0.39, 0.29) is 6.61 Å². The van der Waals surface area contributed by atoms with Gasteiger partial charge in [-0.1, -0.05) is 42.5 Å². The van der Waals surface area contributed by atoms with Crippen molar-refractivity contribution >= 4 is 0 Å². The molecule has 0 radical (unpaired) electrons. The summed E-state index contributed by atoms with van der Waals surface area (Å²) in [5.41, 5.74) is 3.46. The van der Waals surface area contributed by atoms with E-state index in [0.717, 1.165) is 16.7 Å². The first-order valence-corrected chi connectivity index (χ1v) is 5.04. The molecular formula is C14H11NO. The van der Waals surface area contributed by atoms with E-state index in [4.69, 9.17) is 10.4 Å². The van der Waals surface area contributed by atoms with Crippen molar-refractivity contribution in [3.63, 3.8) is 0 Å². The molecule has 0 bridgehead atoms. The van der Waals surface area contributed by atoms with Gasteiger partial charge in [-0.3, -0.25) is 0 Å². The lowest BCUT2D eigenvalue weighted by atomic mass is 9.99. The van der Waals surface area contributed by atoms with Crippen molar-refractivity contribution in [3.8, 4) is 17.2 Å². The molecule has 0 saturated carbocycles. The minimum absolute atomic E-state index is 0.0418. The average molecular weight is 209 g/mol. The molecule has 0 aliphatic carbocycles. The van der Waals surface area contributed by atoms with Crippen LogP contribution in [-0.4, -0.2) is 5.11 Å². The molecule has 0 aliphatic heterocycles. The zero-order valence-corrected chi connectivity index (χ0v) is 8.72. The van der Waals surface area contributed by atoms with Crippen LogP contribution in [-0.2, 0) is 6.61 Å². The maximum atomic E-state index is 8.99. The van der Waals surface area contributed by atoms with E-state index in [2.05, 4.69) is 6.07 Å². The molecule has 2 rings (SSSR count). The van der Waals surface area contributed by atoms with Gasteiger partial charge < -0.3 is 5.11 Å². The molecule has 2 aromatic carbocycles. The summed E-state index contributed by atoms with van der Waals surface area (Å²) in [6.07, 6.45) is 0. The largest absolute Gasteiger partial charge is 0.392 e. The molecule has 0 spiro atoms. The standard InChI is InChI=1S/C14H11NO/c15-9-13-3-1-2-4-14(13)12-7-5-11(10-16)6-8-12/h1-8,16H,10H2. The molecule has 0 saturated heterocycles. The second-order valence-electron chi connectivity index (χ2n) is 3.51. The van der Waals surface area contributed by atoms with Gasteiger partial charge in [0.1, 0.15) is 0 Å². The van der Waals surface area contributed by atoms with Crippen LogP contribution in [0.4, 0.5) is 0 Å². The molecule has 1 N–H and O–H groups in total. The highest BCUT2D eigenvalue weighted by atomic mass is 16.3.